The van der Waals surface area contributed by atoms with Gasteiger partial charge in [0.2, 0.25) is 106 Å². The van der Waals surface area contributed by atoms with Gasteiger partial charge in [0.1, 0.15) is 35.2 Å². The van der Waals surface area contributed by atoms with Gasteiger partial charge < -0.3 is 95.7 Å². The molecule has 18 amide bonds. The van der Waals surface area contributed by atoms with Gasteiger partial charge in [0.25, 0.3) is 0 Å². The van der Waals surface area contributed by atoms with Crippen LogP contribution in [0, 0.1) is 23.7 Å². The molecule has 0 bridgehead atoms. The lowest BCUT2D eigenvalue weighted by molar-refractivity contribution is -0.135. The molecular formula is C95H166N18O22. The SMILES string of the molecule is CCCCCNC(=O)CNC(=O)CCC(CC(=O)CCC(CC(=O)CCCC(=O)CC(CCC(=O)CC(CCC(=O)NCC(=O)NCCCCC)C(=O)NCC(=O)NCCCCC)C(=O)NC(CCC(=O)NCC(=O)NCCCCC)C(=O)NCC(=O)NCCCCC)C(=O)NC(CCC(=O)NCC(=O)NCCCCC)C(=O)NCC(=O)NCCCCC)C(=O)NCC(=O)NCCCCC. The Morgan fingerprint density at radius 2 is 0.341 bits per heavy atom. The van der Waals surface area contributed by atoms with Crippen molar-refractivity contribution in [1.29, 1.82) is 0 Å². The number of nitrogens with one attached hydrogen (secondary N) is 18. The maximum absolute atomic E-state index is 14.9. The lowest BCUT2D eigenvalue weighted by Crippen LogP contribution is -2.51. The Morgan fingerprint density at radius 3 is 0.556 bits per heavy atom. The summed E-state index contributed by atoms with van der Waals surface area (Å²) in [6, 6.07) is -3.20. The molecule has 0 aliphatic heterocycles. The van der Waals surface area contributed by atoms with Crippen molar-refractivity contribution in [1.82, 2.24) is 95.7 Å². The van der Waals surface area contributed by atoms with Crippen molar-refractivity contribution in [2.75, 3.05) is 105 Å². The molecule has 0 spiro atoms. The molecule has 0 heterocycles. The van der Waals surface area contributed by atoms with Gasteiger partial charge in [0.05, 0.1) is 52.4 Å². The highest BCUT2D eigenvalue weighted by atomic mass is 16.2. The minimum Gasteiger partial charge on any atom is -0.355 e. The van der Waals surface area contributed by atoms with Gasteiger partial charge in [-0.3, -0.25) is 105 Å². The number of carbonyl (C=O) groups is 22. The van der Waals surface area contributed by atoms with Crippen LogP contribution in [-0.2, 0) is 105 Å². The molecule has 6 unspecified atom stereocenters. The van der Waals surface area contributed by atoms with Crippen LogP contribution in [-0.4, -0.2) is 246 Å². The van der Waals surface area contributed by atoms with Crippen molar-refractivity contribution in [3.8, 4) is 0 Å². The molecule has 768 valence electrons. The molecule has 0 aliphatic rings. The first-order chi connectivity index (χ1) is 64.8. The maximum atomic E-state index is 14.9. The second-order valence-electron chi connectivity index (χ2n) is 34.4. The summed E-state index contributed by atoms with van der Waals surface area (Å²) in [6.07, 6.45) is 10.7. The van der Waals surface area contributed by atoms with E-state index >= 15 is 0 Å². The van der Waals surface area contributed by atoms with Crippen LogP contribution >= 0.6 is 0 Å². The molecular weight excluding hydrogens is 1750 g/mol. The van der Waals surface area contributed by atoms with Crippen LogP contribution in [0.4, 0.5) is 0 Å². The van der Waals surface area contributed by atoms with Crippen LogP contribution in [0.25, 0.3) is 0 Å². The van der Waals surface area contributed by atoms with Crippen LogP contribution in [0.15, 0.2) is 0 Å². The number of hydrogen-bond acceptors (Lipinski definition) is 22. The molecule has 40 nitrogen and oxygen atoms in total. The summed E-state index contributed by atoms with van der Waals surface area (Å²) in [7, 11) is 0. The number of ketones is 4. The molecule has 0 aromatic carbocycles. The van der Waals surface area contributed by atoms with Crippen molar-refractivity contribution in [3.63, 3.8) is 0 Å². The van der Waals surface area contributed by atoms with Gasteiger partial charge in [-0.05, 0) is 96.3 Å². The van der Waals surface area contributed by atoms with Crippen LogP contribution in [0.3, 0.4) is 0 Å². The van der Waals surface area contributed by atoms with E-state index in [0.29, 0.717) is 90.9 Å². The summed E-state index contributed by atoms with van der Waals surface area (Å²) in [4.78, 5) is 299. The van der Waals surface area contributed by atoms with Crippen molar-refractivity contribution in [2.45, 2.75) is 344 Å². The topological polar surface area (TPSA) is 592 Å². The third-order valence-corrected chi connectivity index (χ3v) is 22.2. The minimum absolute atomic E-state index is 0.258. The van der Waals surface area contributed by atoms with E-state index in [9.17, 15) is 105 Å². The Hall–Kier alpha value is -10.9. The molecule has 0 saturated heterocycles. The van der Waals surface area contributed by atoms with Crippen molar-refractivity contribution < 1.29 is 105 Å². The first kappa shape index (κ1) is 124. The van der Waals surface area contributed by atoms with Gasteiger partial charge in [0.15, 0.2) is 0 Å². The van der Waals surface area contributed by atoms with Crippen LogP contribution < -0.4 is 95.7 Å². The zero-order valence-corrected chi connectivity index (χ0v) is 82.2. The number of hydrogen-bond donors (Lipinski definition) is 18. The third kappa shape index (κ3) is 69.6. The van der Waals surface area contributed by atoms with Gasteiger partial charge in [-0.15, -0.1) is 0 Å². The average Bonchev–Trinajstić information content (AvgIpc) is 0.872. The molecule has 0 saturated carbocycles. The van der Waals surface area contributed by atoms with Gasteiger partial charge in [-0.1, -0.05) is 158 Å². The van der Waals surface area contributed by atoms with E-state index in [1.807, 2.05) is 55.4 Å². The first-order valence-electron chi connectivity index (χ1n) is 49.8. The predicted molar refractivity (Wildman–Crippen MR) is 510 cm³/mol. The summed E-state index contributed by atoms with van der Waals surface area (Å²) in [5.41, 5.74) is 0. The molecule has 40 heteroatoms. The molecule has 0 radical (unpaired) electrons. The number of amides is 18. The van der Waals surface area contributed by atoms with Crippen LogP contribution in [0.5, 0.6) is 0 Å². The number of rotatable bonds is 86. The van der Waals surface area contributed by atoms with E-state index in [2.05, 4.69) is 95.7 Å². The average molecular weight is 1910 g/mol. The van der Waals surface area contributed by atoms with Crippen molar-refractivity contribution in [2.24, 2.45) is 23.7 Å². The molecule has 0 aromatic rings. The summed E-state index contributed by atoms with van der Waals surface area (Å²) in [6.45, 7) is 14.9. The highest BCUT2D eigenvalue weighted by Gasteiger charge is 2.34. The summed E-state index contributed by atoms with van der Waals surface area (Å²) < 4.78 is 0. The fraction of sp³-hybridized carbons (Fsp3) is 0.768. The number of carbonyl (C=O) groups excluding carboxylic acids is 22. The monoisotopic (exact) mass is 1910 g/mol. The first-order valence-corrected chi connectivity index (χ1v) is 49.8. The van der Waals surface area contributed by atoms with E-state index in [1.165, 1.54) is 0 Å². The lowest BCUT2D eigenvalue weighted by atomic mass is 9.88. The zero-order valence-electron chi connectivity index (χ0n) is 82.2. The van der Waals surface area contributed by atoms with E-state index in [0.717, 1.165) is 116 Å². The zero-order chi connectivity index (χ0) is 101. The lowest BCUT2D eigenvalue weighted by Gasteiger charge is -2.23. The summed E-state index contributed by atoms with van der Waals surface area (Å²) >= 11 is 0. The van der Waals surface area contributed by atoms with Crippen molar-refractivity contribution >= 4 is 129 Å². The normalized spacial score (nSPS) is 12.1. The van der Waals surface area contributed by atoms with E-state index in [1.54, 1.807) is 0 Å². The summed E-state index contributed by atoms with van der Waals surface area (Å²) in [5.74, 6) is -20.4. The standard InChI is InChI=1S/C95H166N18O22/c1-9-17-25-48-96-82(122)60-104-78(118)44-38-68(90(130)108-64-86(126)100-52-29-21-13-5)56-74(116)40-36-70(92(132)112-76(94(134)110-66-88(128)102-54-31-23-15-7)42-46-80(120)106-62-84(124)98-50-27-19-11-3)58-72(114)34-33-35-73(115)59-71(93(133)113-77(95(135)111-67-89(129)103-55-32-24-16-8)43-47-81(121)107-63-85(125)99-51-28-20-12-4)37-41-75(117)57-69(91(131)109-65-87(127)101-53-30-22-14-6)39-45-79(119)105-61-83(123)97-49-26-18-10-2/h68-71,76-77H,9-67H2,1-8H3,(H,96,122)(H,97,123)(H,98,124)(H,99,125)(H,100,126)(H,101,127)(H,102,128)(H,103,129)(H,104,118)(H,105,119)(H,106,120)(H,107,121)(H,108,130)(H,109,131)(H,110,134)(H,111,135)(H,112,132)(H,113,133). The quantitative estimate of drug-likeness (QED) is 0.0387. The third-order valence-electron chi connectivity index (χ3n) is 22.2. The Balaban J connectivity index is 8.00. The maximum Gasteiger partial charge on any atom is 0.243 e. The second kappa shape index (κ2) is 81.5. The van der Waals surface area contributed by atoms with E-state index in [4.69, 9.17) is 0 Å². The molecule has 0 rings (SSSR count). The summed E-state index contributed by atoms with van der Waals surface area (Å²) in [5, 5.41) is 46.9. The van der Waals surface area contributed by atoms with Gasteiger partial charge in [-0.2, -0.15) is 0 Å². The highest BCUT2D eigenvalue weighted by Crippen LogP contribution is 2.24. The van der Waals surface area contributed by atoms with E-state index in [-0.39, 0.29) is 45.2 Å². The molecule has 0 aromatic heterocycles. The van der Waals surface area contributed by atoms with Gasteiger partial charge in [-0.25, -0.2) is 0 Å². The number of unbranched alkanes of at least 4 members (excludes halogenated alkanes) is 16. The van der Waals surface area contributed by atoms with E-state index < -0.39 is 294 Å². The molecule has 135 heavy (non-hydrogen) atoms. The number of Topliss-reactive ketones (excluding diaryl/α,β-unsaturated/α-hetero) is 4. The fourth-order valence-electron chi connectivity index (χ4n) is 13.8. The van der Waals surface area contributed by atoms with Crippen LogP contribution in [0.2, 0.25) is 0 Å². The molecule has 18 N–H and O–H groups in total. The second-order valence-corrected chi connectivity index (χ2v) is 34.4. The smallest absolute Gasteiger partial charge is 0.243 e. The Kier molecular flexibility index (Phi) is 74.9. The Morgan fingerprint density at radius 1 is 0.163 bits per heavy atom. The van der Waals surface area contributed by atoms with Gasteiger partial charge in [0, 0.05) is 153 Å². The van der Waals surface area contributed by atoms with Crippen LogP contribution in [0.1, 0.15) is 331 Å². The Bertz CT molecular complexity index is 3400. The molecule has 0 fully saturated rings. The molecule has 6 atom stereocenters. The fourth-order valence-corrected chi connectivity index (χ4v) is 13.8. The van der Waals surface area contributed by atoms with Crippen molar-refractivity contribution in [3.05, 3.63) is 0 Å². The minimum atomic E-state index is -1.60. The van der Waals surface area contributed by atoms with Gasteiger partial charge >= 0.3 is 0 Å². The Labute approximate surface area is 798 Å². The predicted octanol–water partition coefficient (Wildman–Crippen LogP) is 3.49. The largest absolute Gasteiger partial charge is 0.355 e. The molecule has 0 aliphatic carbocycles. The highest BCUT2D eigenvalue weighted by molar-refractivity contribution is 5.97.